The Balaban J connectivity index is 1.53. The highest BCUT2D eigenvalue weighted by Crippen LogP contribution is 2.33. The molecule has 4 rings (SSSR count). The van der Waals surface area contributed by atoms with Gasteiger partial charge in [-0.3, -0.25) is 0 Å². The van der Waals surface area contributed by atoms with E-state index in [1.165, 1.54) is 34.8 Å². The number of pyridine rings is 1. The third-order valence-electron chi connectivity index (χ3n) is 4.52. The van der Waals surface area contributed by atoms with Crippen molar-refractivity contribution < 1.29 is 30.8 Å². The predicted molar refractivity (Wildman–Crippen MR) is 102 cm³/mol. The van der Waals surface area contributed by atoms with Gasteiger partial charge < -0.3 is 9.26 Å². The molecule has 1 aliphatic rings. The monoisotopic (exact) mass is 474 g/mol. The molecule has 0 aliphatic carbocycles. The van der Waals surface area contributed by atoms with Crippen LogP contribution in [-0.2, 0) is 16.2 Å². The van der Waals surface area contributed by atoms with Crippen LogP contribution in [0.5, 0.6) is 5.88 Å². The van der Waals surface area contributed by atoms with Crippen LogP contribution in [0.15, 0.2) is 52.0 Å². The SMILES string of the molecule is O=S(=O)(c1ccccc1Cl)N1CCC(Oc2ncccc2-c2noc(C(F)(F)F)n2)C1. The minimum absolute atomic E-state index is 0.0117. The zero-order valence-corrected chi connectivity index (χ0v) is 17.2. The van der Waals surface area contributed by atoms with Crippen molar-refractivity contribution >= 4 is 21.6 Å². The Morgan fingerprint density at radius 1 is 1.19 bits per heavy atom. The molecular formula is C18H14ClF3N4O4S. The third kappa shape index (κ3) is 4.36. The van der Waals surface area contributed by atoms with Crippen molar-refractivity contribution in [3.8, 4) is 17.3 Å². The fourth-order valence-corrected chi connectivity index (χ4v) is 5.05. The molecule has 1 saturated heterocycles. The Morgan fingerprint density at radius 3 is 2.68 bits per heavy atom. The molecule has 0 N–H and O–H groups in total. The van der Waals surface area contributed by atoms with E-state index in [9.17, 15) is 21.6 Å². The van der Waals surface area contributed by atoms with Gasteiger partial charge >= 0.3 is 12.1 Å². The van der Waals surface area contributed by atoms with Crippen LogP contribution < -0.4 is 4.74 Å². The van der Waals surface area contributed by atoms with Crippen LogP contribution in [0.4, 0.5) is 13.2 Å². The second-order valence-corrected chi connectivity index (χ2v) is 8.91. The number of benzene rings is 1. The fourth-order valence-electron chi connectivity index (χ4n) is 3.07. The van der Waals surface area contributed by atoms with E-state index in [0.717, 1.165) is 0 Å². The molecular weight excluding hydrogens is 461 g/mol. The van der Waals surface area contributed by atoms with Gasteiger partial charge in [0, 0.05) is 12.7 Å². The number of nitrogens with zero attached hydrogens (tertiary/aromatic N) is 4. The van der Waals surface area contributed by atoms with Gasteiger partial charge in [0.15, 0.2) is 0 Å². The number of alkyl halides is 3. The molecule has 2 aromatic heterocycles. The first-order valence-electron chi connectivity index (χ1n) is 8.94. The summed E-state index contributed by atoms with van der Waals surface area (Å²) in [7, 11) is -3.83. The van der Waals surface area contributed by atoms with Crippen molar-refractivity contribution in [3.63, 3.8) is 0 Å². The Bertz CT molecular complexity index is 1200. The summed E-state index contributed by atoms with van der Waals surface area (Å²) in [6.07, 6.45) is -3.63. The molecule has 0 bridgehead atoms. The molecule has 0 spiro atoms. The average molecular weight is 475 g/mol. The molecule has 0 amide bonds. The zero-order chi connectivity index (χ0) is 22.2. The van der Waals surface area contributed by atoms with Gasteiger partial charge in [0.25, 0.3) is 0 Å². The second kappa shape index (κ2) is 8.09. The van der Waals surface area contributed by atoms with Crippen molar-refractivity contribution in [3.05, 3.63) is 53.5 Å². The first-order valence-corrected chi connectivity index (χ1v) is 10.8. The average Bonchev–Trinajstić information content (AvgIpc) is 3.38. The van der Waals surface area contributed by atoms with Crippen molar-refractivity contribution in [2.24, 2.45) is 0 Å². The van der Waals surface area contributed by atoms with Crippen molar-refractivity contribution in [2.45, 2.75) is 23.6 Å². The largest absolute Gasteiger partial charge is 0.472 e. The van der Waals surface area contributed by atoms with Gasteiger partial charge in [-0.25, -0.2) is 13.4 Å². The van der Waals surface area contributed by atoms with Crippen LogP contribution in [0.25, 0.3) is 11.4 Å². The van der Waals surface area contributed by atoms with E-state index in [-0.39, 0.29) is 40.3 Å². The van der Waals surface area contributed by atoms with Crippen molar-refractivity contribution in [2.75, 3.05) is 13.1 Å². The molecule has 31 heavy (non-hydrogen) atoms. The molecule has 164 valence electrons. The van der Waals surface area contributed by atoms with E-state index in [4.69, 9.17) is 16.3 Å². The van der Waals surface area contributed by atoms with Gasteiger partial charge in [0.1, 0.15) is 11.0 Å². The lowest BCUT2D eigenvalue weighted by molar-refractivity contribution is -0.159. The first-order chi connectivity index (χ1) is 14.7. The molecule has 1 atom stereocenters. The first kappa shape index (κ1) is 21.5. The number of sulfonamides is 1. The van der Waals surface area contributed by atoms with Crippen molar-refractivity contribution in [1.82, 2.24) is 19.4 Å². The Labute approximate surface area is 179 Å². The zero-order valence-electron chi connectivity index (χ0n) is 15.6. The minimum atomic E-state index is -4.78. The number of ether oxygens (including phenoxy) is 1. The highest BCUT2D eigenvalue weighted by molar-refractivity contribution is 7.89. The van der Waals surface area contributed by atoms with E-state index in [2.05, 4.69) is 19.6 Å². The summed E-state index contributed by atoms with van der Waals surface area (Å²) in [6, 6.07) is 9.01. The smallest absolute Gasteiger partial charge is 0.471 e. The maximum atomic E-state index is 12.9. The molecule has 13 heteroatoms. The Morgan fingerprint density at radius 2 is 1.97 bits per heavy atom. The van der Waals surface area contributed by atoms with Crippen LogP contribution >= 0.6 is 11.6 Å². The van der Waals surface area contributed by atoms with Gasteiger partial charge in [-0.1, -0.05) is 28.9 Å². The summed E-state index contributed by atoms with van der Waals surface area (Å²) in [5.74, 6) is -1.86. The number of rotatable bonds is 5. The summed E-state index contributed by atoms with van der Waals surface area (Å²) in [6.45, 7) is 0.199. The summed E-state index contributed by atoms with van der Waals surface area (Å²) < 4.78 is 75.3. The molecule has 3 heterocycles. The van der Waals surface area contributed by atoms with Gasteiger partial charge in [0.05, 0.1) is 17.1 Å². The third-order valence-corrected chi connectivity index (χ3v) is 6.89. The number of hydrogen-bond acceptors (Lipinski definition) is 7. The van der Waals surface area contributed by atoms with Crippen molar-refractivity contribution in [1.29, 1.82) is 0 Å². The Kier molecular flexibility index (Phi) is 5.62. The number of aromatic nitrogens is 3. The van der Waals surface area contributed by atoms with Gasteiger partial charge in [-0.2, -0.15) is 22.5 Å². The van der Waals surface area contributed by atoms with E-state index in [0.29, 0.717) is 6.42 Å². The van der Waals surface area contributed by atoms with E-state index >= 15 is 0 Å². The summed E-state index contributed by atoms with van der Waals surface area (Å²) in [5, 5.41) is 3.45. The second-order valence-electron chi connectivity index (χ2n) is 6.60. The predicted octanol–water partition coefficient (Wildman–Crippen LogP) is 3.65. The Hall–Kier alpha value is -2.70. The van der Waals surface area contributed by atoms with Gasteiger partial charge in [-0.15, -0.1) is 0 Å². The minimum Gasteiger partial charge on any atom is -0.472 e. The molecule has 0 saturated carbocycles. The maximum Gasteiger partial charge on any atom is 0.471 e. The summed E-state index contributed by atoms with van der Waals surface area (Å²) >= 11 is 6.03. The van der Waals surface area contributed by atoms with E-state index in [1.54, 1.807) is 12.1 Å². The molecule has 1 unspecified atom stereocenters. The lowest BCUT2D eigenvalue weighted by atomic mass is 10.2. The molecule has 3 aromatic rings. The molecule has 1 aliphatic heterocycles. The summed E-state index contributed by atoms with van der Waals surface area (Å²) in [5.41, 5.74) is 0.0918. The van der Waals surface area contributed by atoms with Crippen LogP contribution in [0, 0.1) is 0 Å². The number of hydrogen-bond donors (Lipinski definition) is 0. The highest BCUT2D eigenvalue weighted by Gasteiger charge is 2.39. The molecule has 1 fully saturated rings. The van der Waals surface area contributed by atoms with E-state index < -0.39 is 28.2 Å². The van der Waals surface area contributed by atoms with Crippen LogP contribution in [0.1, 0.15) is 12.3 Å². The fraction of sp³-hybridized carbons (Fsp3) is 0.278. The molecule has 1 aromatic carbocycles. The van der Waals surface area contributed by atoms with E-state index in [1.807, 2.05) is 0 Å². The van der Waals surface area contributed by atoms with Crippen LogP contribution in [-0.4, -0.2) is 47.0 Å². The lowest BCUT2D eigenvalue weighted by Crippen LogP contribution is -2.31. The molecule has 0 radical (unpaired) electrons. The quantitative estimate of drug-likeness (QED) is 0.556. The maximum absolute atomic E-state index is 12.9. The van der Waals surface area contributed by atoms with Crippen LogP contribution in [0.2, 0.25) is 5.02 Å². The topological polar surface area (TPSA) is 98.4 Å². The van der Waals surface area contributed by atoms with Crippen LogP contribution in [0.3, 0.4) is 0 Å². The van der Waals surface area contributed by atoms with Gasteiger partial charge in [0.2, 0.25) is 21.7 Å². The summed E-state index contributed by atoms with van der Waals surface area (Å²) in [4.78, 5) is 7.37. The normalized spacial score (nSPS) is 17.7. The standard InChI is InChI=1S/C18H14ClF3N4O4S/c19-13-5-1-2-6-14(13)31(27,28)26-9-7-11(10-26)29-16-12(4-3-8-23-16)15-24-17(30-25-15)18(20,21)22/h1-6,8,11H,7,9-10H2. The molecule has 8 nitrogen and oxygen atoms in total. The lowest BCUT2D eigenvalue weighted by Gasteiger charge is -2.18. The number of halogens is 4. The highest BCUT2D eigenvalue weighted by atomic mass is 35.5. The van der Waals surface area contributed by atoms with Gasteiger partial charge in [-0.05, 0) is 30.7 Å².